The fraction of sp³-hybridized carbons (Fsp3) is 0.238. The predicted molar refractivity (Wildman–Crippen MR) is 113 cm³/mol. The summed E-state index contributed by atoms with van der Waals surface area (Å²) in [6.07, 6.45) is -0.151. The van der Waals surface area contributed by atoms with Crippen LogP contribution in [0, 0.1) is 0 Å². The number of hydrogen-bond acceptors (Lipinski definition) is 7. The van der Waals surface area contributed by atoms with Crippen LogP contribution < -0.4 is 19.5 Å². The standard InChI is InChI=1S/C21H22N2O5S/c1-4-28-17-8-6-5-7-15(17)22-21-23-20(18(29-21)12-19(24)25)14-11-13(26-2)9-10-16(14)27-3/h5-11H,4,12H2,1-3H3,(H,22,23)(H,24,25). The first-order chi connectivity index (χ1) is 14.0. The van der Waals surface area contributed by atoms with Crippen molar-refractivity contribution in [3.63, 3.8) is 0 Å². The molecule has 0 aliphatic heterocycles. The van der Waals surface area contributed by atoms with Gasteiger partial charge in [-0.25, -0.2) is 4.98 Å². The van der Waals surface area contributed by atoms with Gasteiger partial charge in [-0.05, 0) is 37.3 Å². The fourth-order valence-electron chi connectivity index (χ4n) is 2.84. The first-order valence-electron chi connectivity index (χ1n) is 8.98. The van der Waals surface area contributed by atoms with Gasteiger partial charge in [0.15, 0.2) is 5.13 Å². The van der Waals surface area contributed by atoms with Crippen molar-refractivity contribution in [3.05, 3.63) is 47.3 Å². The van der Waals surface area contributed by atoms with E-state index in [2.05, 4.69) is 10.3 Å². The van der Waals surface area contributed by atoms with Crippen LogP contribution >= 0.6 is 11.3 Å². The highest BCUT2D eigenvalue weighted by atomic mass is 32.1. The number of nitrogens with zero attached hydrogens (tertiary/aromatic N) is 1. The molecule has 0 atom stereocenters. The van der Waals surface area contributed by atoms with E-state index < -0.39 is 5.97 Å². The van der Waals surface area contributed by atoms with Gasteiger partial charge >= 0.3 is 5.97 Å². The summed E-state index contributed by atoms with van der Waals surface area (Å²) in [7, 11) is 3.13. The van der Waals surface area contributed by atoms with Gasteiger partial charge in [0.1, 0.15) is 17.2 Å². The van der Waals surface area contributed by atoms with E-state index in [9.17, 15) is 9.90 Å². The predicted octanol–water partition coefficient (Wildman–Crippen LogP) is 4.60. The lowest BCUT2D eigenvalue weighted by atomic mass is 10.1. The minimum absolute atomic E-state index is 0.151. The van der Waals surface area contributed by atoms with E-state index in [1.165, 1.54) is 11.3 Å². The highest BCUT2D eigenvalue weighted by Crippen LogP contribution is 2.40. The highest BCUT2D eigenvalue weighted by Gasteiger charge is 2.20. The van der Waals surface area contributed by atoms with Gasteiger partial charge in [-0.1, -0.05) is 12.1 Å². The van der Waals surface area contributed by atoms with E-state index in [1.54, 1.807) is 32.4 Å². The number of benzene rings is 2. The summed E-state index contributed by atoms with van der Waals surface area (Å²) in [6.45, 7) is 2.45. The maximum Gasteiger partial charge on any atom is 0.308 e. The van der Waals surface area contributed by atoms with Crippen LogP contribution in [-0.4, -0.2) is 36.9 Å². The van der Waals surface area contributed by atoms with Gasteiger partial charge < -0.3 is 24.6 Å². The summed E-state index contributed by atoms with van der Waals surface area (Å²) in [5.41, 5.74) is 1.98. The van der Waals surface area contributed by atoms with Crippen molar-refractivity contribution in [2.45, 2.75) is 13.3 Å². The molecule has 1 heterocycles. The van der Waals surface area contributed by atoms with Crippen molar-refractivity contribution in [1.82, 2.24) is 4.98 Å². The van der Waals surface area contributed by atoms with Gasteiger partial charge in [-0.3, -0.25) is 4.79 Å². The molecule has 0 amide bonds. The molecule has 0 saturated heterocycles. The Bertz CT molecular complexity index is 1000. The fourth-order valence-corrected chi connectivity index (χ4v) is 3.82. The molecule has 3 rings (SSSR count). The molecule has 0 aliphatic rings. The molecule has 0 spiro atoms. The van der Waals surface area contributed by atoms with Crippen LogP contribution in [0.5, 0.6) is 17.2 Å². The summed E-state index contributed by atoms with van der Waals surface area (Å²) >= 11 is 1.28. The minimum Gasteiger partial charge on any atom is -0.497 e. The summed E-state index contributed by atoms with van der Waals surface area (Å²) in [5, 5.41) is 13.2. The van der Waals surface area contributed by atoms with Gasteiger partial charge in [0, 0.05) is 10.4 Å². The second-order valence-electron chi connectivity index (χ2n) is 5.98. The number of anilines is 2. The highest BCUT2D eigenvalue weighted by molar-refractivity contribution is 7.16. The molecule has 0 bridgehead atoms. The average molecular weight is 414 g/mol. The van der Waals surface area contributed by atoms with E-state index in [0.717, 1.165) is 5.69 Å². The average Bonchev–Trinajstić information content (AvgIpc) is 3.10. The monoisotopic (exact) mass is 414 g/mol. The van der Waals surface area contributed by atoms with Gasteiger partial charge in [-0.15, -0.1) is 11.3 Å². The maximum absolute atomic E-state index is 11.4. The first kappa shape index (κ1) is 20.5. The lowest BCUT2D eigenvalue weighted by Gasteiger charge is -2.10. The molecule has 2 aromatic carbocycles. The third-order valence-corrected chi connectivity index (χ3v) is 5.07. The van der Waals surface area contributed by atoms with E-state index in [-0.39, 0.29) is 6.42 Å². The Morgan fingerprint density at radius 2 is 1.93 bits per heavy atom. The lowest BCUT2D eigenvalue weighted by Crippen LogP contribution is -2.00. The molecule has 0 fully saturated rings. The van der Waals surface area contributed by atoms with E-state index in [0.29, 0.717) is 45.1 Å². The zero-order chi connectivity index (χ0) is 20.8. The van der Waals surface area contributed by atoms with Crippen LogP contribution in [-0.2, 0) is 11.2 Å². The Morgan fingerprint density at radius 3 is 2.62 bits per heavy atom. The van der Waals surface area contributed by atoms with Gasteiger partial charge in [0.2, 0.25) is 0 Å². The van der Waals surface area contributed by atoms with Crippen molar-refractivity contribution < 1.29 is 24.1 Å². The van der Waals surface area contributed by atoms with Crippen LogP contribution in [0.1, 0.15) is 11.8 Å². The number of ether oxygens (including phenoxy) is 3. The van der Waals surface area contributed by atoms with Crippen molar-refractivity contribution in [2.24, 2.45) is 0 Å². The van der Waals surface area contributed by atoms with Crippen molar-refractivity contribution in [1.29, 1.82) is 0 Å². The number of rotatable bonds is 9. The molecular weight excluding hydrogens is 392 g/mol. The second kappa shape index (κ2) is 9.29. The summed E-state index contributed by atoms with van der Waals surface area (Å²) < 4.78 is 16.4. The molecule has 0 radical (unpaired) electrons. The lowest BCUT2D eigenvalue weighted by molar-refractivity contribution is -0.136. The molecule has 1 aromatic heterocycles. The molecule has 7 nitrogen and oxygen atoms in total. The molecule has 0 unspecified atom stereocenters. The molecule has 29 heavy (non-hydrogen) atoms. The van der Waals surface area contributed by atoms with E-state index in [4.69, 9.17) is 14.2 Å². The smallest absolute Gasteiger partial charge is 0.308 e. The molecule has 0 aliphatic carbocycles. The number of thiazole rings is 1. The number of carbonyl (C=O) groups is 1. The van der Waals surface area contributed by atoms with Crippen molar-refractivity contribution >= 4 is 28.1 Å². The van der Waals surface area contributed by atoms with Gasteiger partial charge in [-0.2, -0.15) is 0 Å². The topological polar surface area (TPSA) is 89.9 Å². The largest absolute Gasteiger partial charge is 0.497 e. The van der Waals surface area contributed by atoms with Crippen LogP contribution in [0.2, 0.25) is 0 Å². The Morgan fingerprint density at radius 1 is 1.14 bits per heavy atom. The first-order valence-corrected chi connectivity index (χ1v) is 9.80. The zero-order valence-corrected chi connectivity index (χ0v) is 17.2. The number of para-hydroxylation sites is 2. The molecular formula is C21H22N2O5S. The molecule has 2 N–H and O–H groups in total. The van der Waals surface area contributed by atoms with Crippen LogP contribution in [0.15, 0.2) is 42.5 Å². The Kier molecular flexibility index (Phi) is 6.56. The number of aromatic nitrogens is 1. The van der Waals surface area contributed by atoms with E-state index >= 15 is 0 Å². The Labute approximate surface area is 172 Å². The number of aliphatic carboxylic acids is 1. The summed E-state index contributed by atoms with van der Waals surface area (Å²) in [6, 6.07) is 12.9. The van der Waals surface area contributed by atoms with Gasteiger partial charge in [0.25, 0.3) is 0 Å². The van der Waals surface area contributed by atoms with Gasteiger partial charge in [0.05, 0.1) is 38.6 Å². The summed E-state index contributed by atoms with van der Waals surface area (Å²) in [4.78, 5) is 16.7. The summed E-state index contributed by atoms with van der Waals surface area (Å²) in [5.74, 6) is 0.985. The number of nitrogens with one attached hydrogen (secondary N) is 1. The molecule has 152 valence electrons. The molecule has 0 saturated carbocycles. The second-order valence-corrected chi connectivity index (χ2v) is 7.07. The van der Waals surface area contributed by atoms with Crippen LogP contribution in [0.25, 0.3) is 11.3 Å². The molecule has 8 heteroatoms. The van der Waals surface area contributed by atoms with Crippen LogP contribution in [0.3, 0.4) is 0 Å². The van der Waals surface area contributed by atoms with Crippen molar-refractivity contribution in [2.75, 3.05) is 26.1 Å². The third-order valence-electron chi connectivity index (χ3n) is 4.10. The van der Waals surface area contributed by atoms with Crippen LogP contribution in [0.4, 0.5) is 10.8 Å². The maximum atomic E-state index is 11.4. The normalized spacial score (nSPS) is 10.4. The van der Waals surface area contributed by atoms with E-state index in [1.807, 2.05) is 31.2 Å². The van der Waals surface area contributed by atoms with Crippen molar-refractivity contribution in [3.8, 4) is 28.5 Å². The SMILES string of the molecule is CCOc1ccccc1Nc1nc(-c2cc(OC)ccc2OC)c(CC(=O)O)s1. The number of hydrogen-bond donors (Lipinski definition) is 2. The Balaban J connectivity index is 2.05. The zero-order valence-electron chi connectivity index (χ0n) is 16.4. The third kappa shape index (κ3) is 4.78. The molecule has 3 aromatic rings. The Hall–Kier alpha value is -3.26. The number of carboxylic acids is 1. The quantitative estimate of drug-likeness (QED) is 0.529. The number of carboxylic acid groups (broad SMARTS) is 1. The number of methoxy groups -OCH3 is 2. The minimum atomic E-state index is -0.932.